The highest BCUT2D eigenvalue weighted by molar-refractivity contribution is 6.42. The number of rotatable bonds is 2. The second kappa shape index (κ2) is 5.58. The van der Waals surface area contributed by atoms with Crippen molar-refractivity contribution in [2.45, 2.75) is 6.18 Å². The quantitative estimate of drug-likeness (QED) is 0.800. The standard InChI is InChI=1S/C14H7Cl2F3O2/c15-11-2-1-7(6-12(11)16)8-3-9(13(20)21)5-10(4-8)14(17,18)19/h1-6H,(H,20,21). The summed E-state index contributed by atoms with van der Waals surface area (Å²) in [4.78, 5) is 11.0. The summed E-state index contributed by atoms with van der Waals surface area (Å²) in [7, 11) is 0. The first-order valence-corrected chi connectivity index (χ1v) is 6.35. The van der Waals surface area contributed by atoms with Crippen LogP contribution in [-0.4, -0.2) is 11.1 Å². The van der Waals surface area contributed by atoms with Gasteiger partial charge in [0.05, 0.1) is 21.2 Å². The summed E-state index contributed by atoms with van der Waals surface area (Å²) < 4.78 is 38.5. The number of aromatic carboxylic acids is 1. The van der Waals surface area contributed by atoms with Gasteiger partial charge in [-0.05, 0) is 41.5 Å². The molecule has 7 heteroatoms. The van der Waals surface area contributed by atoms with Crippen molar-refractivity contribution in [3.63, 3.8) is 0 Å². The van der Waals surface area contributed by atoms with Gasteiger partial charge in [-0.25, -0.2) is 4.79 Å². The smallest absolute Gasteiger partial charge is 0.416 e. The maximum atomic E-state index is 12.8. The molecule has 0 saturated carbocycles. The zero-order valence-electron chi connectivity index (χ0n) is 10.2. The first-order chi connectivity index (χ1) is 9.68. The molecule has 21 heavy (non-hydrogen) atoms. The molecule has 0 saturated heterocycles. The third-order valence-corrected chi connectivity index (χ3v) is 3.50. The fourth-order valence-electron chi connectivity index (χ4n) is 1.76. The van der Waals surface area contributed by atoms with Gasteiger partial charge in [-0.1, -0.05) is 29.3 Å². The molecule has 0 fully saturated rings. The molecule has 0 heterocycles. The molecule has 0 aliphatic rings. The second-order valence-corrected chi connectivity index (χ2v) is 5.05. The van der Waals surface area contributed by atoms with Crippen molar-refractivity contribution in [1.82, 2.24) is 0 Å². The number of benzene rings is 2. The van der Waals surface area contributed by atoms with E-state index in [0.29, 0.717) is 11.6 Å². The molecular formula is C14H7Cl2F3O2. The number of alkyl halides is 3. The van der Waals surface area contributed by atoms with E-state index in [4.69, 9.17) is 28.3 Å². The second-order valence-electron chi connectivity index (χ2n) is 4.23. The maximum Gasteiger partial charge on any atom is 0.416 e. The number of hydrogen-bond acceptors (Lipinski definition) is 1. The van der Waals surface area contributed by atoms with Crippen molar-refractivity contribution < 1.29 is 23.1 Å². The molecule has 1 N–H and O–H groups in total. The van der Waals surface area contributed by atoms with Crippen LogP contribution in [0.25, 0.3) is 11.1 Å². The Kier molecular flexibility index (Phi) is 4.16. The molecular weight excluding hydrogens is 328 g/mol. The maximum absolute atomic E-state index is 12.8. The van der Waals surface area contributed by atoms with Crippen molar-refractivity contribution in [2.75, 3.05) is 0 Å². The molecule has 110 valence electrons. The highest BCUT2D eigenvalue weighted by Crippen LogP contribution is 2.35. The van der Waals surface area contributed by atoms with E-state index in [9.17, 15) is 18.0 Å². The Hall–Kier alpha value is -1.72. The van der Waals surface area contributed by atoms with Crippen molar-refractivity contribution in [2.24, 2.45) is 0 Å². The van der Waals surface area contributed by atoms with E-state index in [1.54, 1.807) is 0 Å². The predicted octanol–water partition coefficient (Wildman–Crippen LogP) is 5.38. The van der Waals surface area contributed by atoms with Crippen molar-refractivity contribution in [3.8, 4) is 11.1 Å². The van der Waals surface area contributed by atoms with Crippen LogP contribution >= 0.6 is 23.2 Å². The molecule has 0 radical (unpaired) electrons. The lowest BCUT2D eigenvalue weighted by Crippen LogP contribution is -2.08. The summed E-state index contributed by atoms with van der Waals surface area (Å²) in [6.07, 6.45) is -4.64. The zero-order valence-corrected chi connectivity index (χ0v) is 11.7. The van der Waals surface area contributed by atoms with E-state index in [1.807, 2.05) is 0 Å². The molecule has 2 nitrogen and oxygen atoms in total. The Morgan fingerprint density at radius 1 is 0.952 bits per heavy atom. The van der Waals surface area contributed by atoms with Crippen LogP contribution in [0.3, 0.4) is 0 Å². The zero-order chi connectivity index (χ0) is 15.8. The van der Waals surface area contributed by atoms with Crippen LogP contribution < -0.4 is 0 Å². The van der Waals surface area contributed by atoms with Crippen LogP contribution in [0.1, 0.15) is 15.9 Å². The summed E-state index contributed by atoms with van der Waals surface area (Å²) in [5.41, 5.74) is -1.05. The van der Waals surface area contributed by atoms with Gasteiger partial charge in [-0.2, -0.15) is 13.2 Å². The number of carboxylic acid groups (broad SMARTS) is 1. The summed E-state index contributed by atoms with van der Waals surface area (Å²) in [6.45, 7) is 0. The summed E-state index contributed by atoms with van der Waals surface area (Å²) in [5.74, 6) is -1.44. The lowest BCUT2D eigenvalue weighted by atomic mass is 9.99. The Balaban J connectivity index is 2.64. The van der Waals surface area contributed by atoms with Crippen LogP contribution in [0.4, 0.5) is 13.2 Å². The normalized spacial score (nSPS) is 11.5. The summed E-state index contributed by atoms with van der Waals surface area (Å²) in [6, 6.07) is 6.88. The van der Waals surface area contributed by atoms with Gasteiger partial charge in [-0.3, -0.25) is 0 Å². The van der Waals surface area contributed by atoms with E-state index in [2.05, 4.69) is 0 Å². The molecule has 0 aliphatic heterocycles. The summed E-state index contributed by atoms with van der Waals surface area (Å²) >= 11 is 11.6. The lowest BCUT2D eigenvalue weighted by Gasteiger charge is -2.11. The van der Waals surface area contributed by atoms with E-state index in [-0.39, 0.29) is 15.6 Å². The van der Waals surface area contributed by atoms with Gasteiger partial charge in [0.2, 0.25) is 0 Å². The predicted molar refractivity (Wildman–Crippen MR) is 73.9 cm³/mol. The van der Waals surface area contributed by atoms with Gasteiger partial charge in [0, 0.05) is 0 Å². The molecule has 0 bridgehead atoms. The van der Waals surface area contributed by atoms with Crippen molar-refractivity contribution in [3.05, 3.63) is 57.6 Å². The van der Waals surface area contributed by atoms with Crippen molar-refractivity contribution in [1.29, 1.82) is 0 Å². The van der Waals surface area contributed by atoms with Gasteiger partial charge in [0.25, 0.3) is 0 Å². The largest absolute Gasteiger partial charge is 0.478 e. The van der Waals surface area contributed by atoms with E-state index in [0.717, 1.165) is 12.1 Å². The van der Waals surface area contributed by atoms with Crippen molar-refractivity contribution >= 4 is 29.2 Å². The SMILES string of the molecule is O=C(O)c1cc(-c2ccc(Cl)c(Cl)c2)cc(C(F)(F)F)c1. The third kappa shape index (κ3) is 3.49. The van der Waals surface area contributed by atoms with Gasteiger partial charge in [-0.15, -0.1) is 0 Å². The molecule has 2 aromatic carbocycles. The monoisotopic (exact) mass is 334 g/mol. The third-order valence-electron chi connectivity index (χ3n) is 2.76. The van der Waals surface area contributed by atoms with E-state index in [1.165, 1.54) is 18.2 Å². The van der Waals surface area contributed by atoms with Gasteiger partial charge in [0.15, 0.2) is 0 Å². The van der Waals surface area contributed by atoms with E-state index < -0.39 is 23.3 Å². The number of carbonyl (C=O) groups is 1. The highest BCUT2D eigenvalue weighted by atomic mass is 35.5. The Bertz CT molecular complexity index is 712. The minimum Gasteiger partial charge on any atom is -0.478 e. The van der Waals surface area contributed by atoms with E-state index >= 15 is 0 Å². The lowest BCUT2D eigenvalue weighted by molar-refractivity contribution is -0.137. The molecule has 0 atom stereocenters. The molecule has 0 spiro atoms. The minimum atomic E-state index is -4.64. The van der Waals surface area contributed by atoms with Crippen LogP contribution in [0.15, 0.2) is 36.4 Å². The first-order valence-electron chi connectivity index (χ1n) is 5.59. The molecule has 0 amide bonds. The van der Waals surface area contributed by atoms with Crippen LogP contribution in [0, 0.1) is 0 Å². The number of carboxylic acids is 1. The number of hydrogen-bond donors (Lipinski definition) is 1. The topological polar surface area (TPSA) is 37.3 Å². The fraction of sp³-hybridized carbons (Fsp3) is 0.0714. The molecule has 0 aromatic heterocycles. The average molecular weight is 335 g/mol. The highest BCUT2D eigenvalue weighted by Gasteiger charge is 2.32. The van der Waals surface area contributed by atoms with Crippen LogP contribution in [0.2, 0.25) is 10.0 Å². The molecule has 2 aromatic rings. The Labute approximate surface area is 127 Å². The van der Waals surface area contributed by atoms with Crippen LogP contribution in [0.5, 0.6) is 0 Å². The Morgan fingerprint density at radius 2 is 1.62 bits per heavy atom. The average Bonchev–Trinajstić information content (AvgIpc) is 2.40. The number of halogens is 5. The molecule has 2 rings (SSSR count). The fourth-order valence-corrected chi connectivity index (χ4v) is 2.06. The minimum absolute atomic E-state index is 0.0980. The van der Waals surface area contributed by atoms with Gasteiger partial charge in [0.1, 0.15) is 0 Å². The van der Waals surface area contributed by atoms with Gasteiger partial charge >= 0.3 is 12.1 Å². The summed E-state index contributed by atoms with van der Waals surface area (Å²) in [5, 5.41) is 9.36. The molecule has 0 aliphatic carbocycles. The Morgan fingerprint density at radius 3 is 2.14 bits per heavy atom. The molecule has 0 unspecified atom stereocenters. The first kappa shape index (κ1) is 15.7. The van der Waals surface area contributed by atoms with Gasteiger partial charge < -0.3 is 5.11 Å². The van der Waals surface area contributed by atoms with Crippen LogP contribution in [-0.2, 0) is 6.18 Å².